The standard InChI is InChI=1S/C12H26N2O2S/c1-12(2,10-13-3)8-11-6-5-7-14(9-11)17(4,15)16/h11,13H,5-10H2,1-4H3. The minimum absolute atomic E-state index is 0.236. The lowest BCUT2D eigenvalue weighted by atomic mass is 9.80. The van der Waals surface area contributed by atoms with Crippen molar-refractivity contribution in [2.75, 3.05) is 32.9 Å². The van der Waals surface area contributed by atoms with Crippen LogP contribution in [-0.4, -0.2) is 45.7 Å². The van der Waals surface area contributed by atoms with Crippen molar-refractivity contribution in [2.45, 2.75) is 33.1 Å². The van der Waals surface area contributed by atoms with Crippen LogP contribution in [0.25, 0.3) is 0 Å². The first-order valence-corrected chi connectivity index (χ1v) is 8.19. The fraction of sp³-hybridized carbons (Fsp3) is 1.00. The highest BCUT2D eigenvalue weighted by Crippen LogP contribution is 2.30. The predicted molar refractivity (Wildman–Crippen MR) is 71.5 cm³/mol. The van der Waals surface area contributed by atoms with Crippen molar-refractivity contribution >= 4 is 10.0 Å². The quantitative estimate of drug-likeness (QED) is 0.812. The number of nitrogens with zero attached hydrogens (tertiary/aromatic N) is 1. The second kappa shape index (κ2) is 5.67. The Morgan fingerprint density at radius 1 is 1.41 bits per heavy atom. The Bertz CT molecular complexity index is 338. The fourth-order valence-electron chi connectivity index (χ4n) is 2.83. The van der Waals surface area contributed by atoms with E-state index in [2.05, 4.69) is 19.2 Å². The van der Waals surface area contributed by atoms with Gasteiger partial charge in [0.1, 0.15) is 0 Å². The zero-order chi connectivity index (χ0) is 13.1. The number of hydrogen-bond acceptors (Lipinski definition) is 3. The summed E-state index contributed by atoms with van der Waals surface area (Å²) in [6, 6.07) is 0. The lowest BCUT2D eigenvalue weighted by Gasteiger charge is -2.35. The van der Waals surface area contributed by atoms with Crippen LogP contribution < -0.4 is 5.32 Å². The van der Waals surface area contributed by atoms with Crippen LogP contribution in [-0.2, 0) is 10.0 Å². The van der Waals surface area contributed by atoms with Gasteiger partial charge in [0.2, 0.25) is 10.0 Å². The van der Waals surface area contributed by atoms with Gasteiger partial charge in [-0.2, -0.15) is 0 Å². The maximum atomic E-state index is 11.5. The van der Waals surface area contributed by atoms with Gasteiger partial charge in [0, 0.05) is 13.1 Å². The van der Waals surface area contributed by atoms with Crippen LogP contribution in [0.15, 0.2) is 0 Å². The summed E-state index contributed by atoms with van der Waals surface area (Å²) < 4.78 is 24.7. The first kappa shape index (κ1) is 14.9. The number of sulfonamides is 1. The summed E-state index contributed by atoms with van der Waals surface area (Å²) in [6.45, 7) is 6.85. The van der Waals surface area contributed by atoms with Crippen molar-refractivity contribution < 1.29 is 8.42 Å². The van der Waals surface area contributed by atoms with E-state index in [-0.39, 0.29) is 5.41 Å². The average Bonchev–Trinajstić information content (AvgIpc) is 2.15. The maximum Gasteiger partial charge on any atom is 0.211 e. The van der Waals surface area contributed by atoms with Crippen LogP contribution in [0.2, 0.25) is 0 Å². The van der Waals surface area contributed by atoms with Gasteiger partial charge in [0.05, 0.1) is 6.26 Å². The van der Waals surface area contributed by atoms with Crippen LogP contribution in [0.1, 0.15) is 33.1 Å². The van der Waals surface area contributed by atoms with E-state index in [9.17, 15) is 8.42 Å². The Balaban J connectivity index is 2.56. The van der Waals surface area contributed by atoms with Crippen molar-refractivity contribution in [1.29, 1.82) is 0 Å². The zero-order valence-electron chi connectivity index (χ0n) is 11.5. The van der Waals surface area contributed by atoms with Crippen molar-refractivity contribution in [3.05, 3.63) is 0 Å². The van der Waals surface area contributed by atoms with Crippen molar-refractivity contribution in [2.24, 2.45) is 11.3 Å². The molecule has 0 amide bonds. The molecule has 0 aromatic heterocycles. The third-order valence-corrected chi connectivity index (χ3v) is 4.72. The van der Waals surface area contributed by atoms with E-state index in [1.807, 2.05) is 7.05 Å². The highest BCUT2D eigenvalue weighted by atomic mass is 32.2. The third kappa shape index (κ3) is 4.94. The van der Waals surface area contributed by atoms with Crippen molar-refractivity contribution in [1.82, 2.24) is 9.62 Å². The Morgan fingerprint density at radius 3 is 2.59 bits per heavy atom. The lowest BCUT2D eigenvalue weighted by Crippen LogP contribution is -2.41. The SMILES string of the molecule is CNCC(C)(C)CC1CCCN(S(C)(=O)=O)C1. The Labute approximate surface area is 106 Å². The molecule has 0 aliphatic carbocycles. The molecule has 0 aromatic carbocycles. The van der Waals surface area contributed by atoms with E-state index < -0.39 is 10.0 Å². The highest BCUT2D eigenvalue weighted by molar-refractivity contribution is 7.88. The van der Waals surface area contributed by atoms with Gasteiger partial charge in [-0.05, 0) is 44.2 Å². The van der Waals surface area contributed by atoms with Gasteiger partial charge in [0.25, 0.3) is 0 Å². The Morgan fingerprint density at radius 2 is 2.06 bits per heavy atom. The molecule has 1 heterocycles. The second-order valence-corrected chi connectivity index (χ2v) is 8.01. The zero-order valence-corrected chi connectivity index (χ0v) is 12.3. The molecule has 1 unspecified atom stereocenters. The molecule has 1 fully saturated rings. The molecule has 0 radical (unpaired) electrons. The van der Waals surface area contributed by atoms with E-state index in [1.165, 1.54) is 6.26 Å². The van der Waals surface area contributed by atoms with Crippen LogP contribution in [0.5, 0.6) is 0 Å². The molecule has 0 saturated carbocycles. The molecule has 1 saturated heterocycles. The number of nitrogens with one attached hydrogen (secondary N) is 1. The predicted octanol–water partition coefficient (Wildman–Crippen LogP) is 1.29. The van der Waals surface area contributed by atoms with Gasteiger partial charge in [0.15, 0.2) is 0 Å². The summed E-state index contributed by atoms with van der Waals surface area (Å²) in [5.41, 5.74) is 0.236. The summed E-state index contributed by atoms with van der Waals surface area (Å²) in [5, 5.41) is 3.21. The molecule has 0 spiro atoms. The molecule has 1 atom stereocenters. The molecule has 5 heteroatoms. The van der Waals surface area contributed by atoms with Gasteiger partial charge >= 0.3 is 0 Å². The van der Waals surface area contributed by atoms with E-state index in [0.717, 1.165) is 25.8 Å². The first-order chi connectivity index (χ1) is 7.74. The monoisotopic (exact) mass is 262 g/mol. The molecule has 4 nitrogen and oxygen atoms in total. The fourth-order valence-corrected chi connectivity index (χ4v) is 3.77. The molecular formula is C12H26N2O2S. The smallest absolute Gasteiger partial charge is 0.211 e. The molecule has 1 rings (SSSR count). The molecular weight excluding hydrogens is 236 g/mol. The molecule has 17 heavy (non-hydrogen) atoms. The first-order valence-electron chi connectivity index (χ1n) is 6.34. The summed E-state index contributed by atoms with van der Waals surface area (Å²) in [7, 11) is -1.05. The van der Waals surface area contributed by atoms with Crippen molar-refractivity contribution in [3.63, 3.8) is 0 Å². The normalized spacial score (nSPS) is 23.9. The minimum Gasteiger partial charge on any atom is -0.319 e. The Kier molecular flexibility index (Phi) is 4.98. The summed E-state index contributed by atoms with van der Waals surface area (Å²) in [5.74, 6) is 0.502. The Hall–Kier alpha value is -0.130. The maximum absolute atomic E-state index is 11.5. The van der Waals surface area contributed by atoms with Gasteiger partial charge in [-0.1, -0.05) is 13.8 Å². The van der Waals surface area contributed by atoms with Crippen LogP contribution in [0.4, 0.5) is 0 Å². The average molecular weight is 262 g/mol. The third-order valence-electron chi connectivity index (χ3n) is 3.45. The molecule has 1 aliphatic heterocycles. The van der Waals surface area contributed by atoms with Gasteiger partial charge in [-0.3, -0.25) is 0 Å². The van der Waals surface area contributed by atoms with E-state index in [4.69, 9.17) is 0 Å². The van der Waals surface area contributed by atoms with Crippen molar-refractivity contribution in [3.8, 4) is 0 Å². The summed E-state index contributed by atoms with van der Waals surface area (Å²) in [4.78, 5) is 0. The number of piperidine rings is 1. The number of rotatable bonds is 5. The molecule has 1 aliphatic rings. The van der Waals surface area contributed by atoms with Gasteiger partial charge in [-0.25, -0.2) is 12.7 Å². The highest BCUT2D eigenvalue weighted by Gasteiger charge is 2.29. The second-order valence-electron chi connectivity index (χ2n) is 6.03. The van der Waals surface area contributed by atoms with Crippen LogP contribution in [0.3, 0.4) is 0 Å². The summed E-state index contributed by atoms with van der Waals surface area (Å²) >= 11 is 0. The lowest BCUT2D eigenvalue weighted by molar-refractivity contribution is 0.188. The topological polar surface area (TPSA) is 49.4 Å². The molecule has 0 aromatic rings. The molecule has 102 valence electrons. The van der Waals surface area contributed by atoms with E-state index >= 15 is 0 Å². The summed E-state index contributed by atoms with van der Waals surface area (Å²) in [6.07, 6.45) is 4.54. The number of hydrogen-bond donors (Lipinski definition) is 1. The van der Waals surface area contributed by atoms with E-state index in [1.54, 1.807) is 4.31 Å². The van der Waals surface area contributed by atoms with Gasteiger partial charge < -0.3 is 5.32 Å². The van der Waals surface area contributed by atoms with Gasteiger partial charge in [-0.15, -0.1) is 0 Å². The molecule has 1 N–H and O–H groups in total. The largest absolute Gasteiger partial charge is 0.319 e. The van der Waals surface area contributed by atoms with Crippen LogP contribution in [0, 0.1) is 11.3 Å². The van der Waals surface area contributed by atoms with E-state index in [0.29, 0.717) is 19.0 Å². The van der Waals surface area contributed by atoms with Crippen LogP contribution >= 0.6 is 0 Å². The minimum atomic E-state index is -3.01. The molecule has 0 bridgehead atoms.